The second kappa shape index (κ2) is 34.7. The van der Waals surface area contributed by atoms with Gasteiger partial charge >= 0.3 is 0 Å². The molecule has 112 heavy (non-hydrogen) atoms. The maximum Gasteiger partial charge on any atom is 0.216 e. The predicted octanol–water partition coefficient (Wildman–Crippen LogP) is 27.7. The first-order valence-corrected chi connectivity index (χ1v) is 36.0. The van der Waals surface area contributed by atoms with E-state index in [2.05, 4.69) is 63.0 Å². The maximum absolute atomic E-state index is 9.24. The first-order chi connectivity index (χ1) is 64.9. The van der Waals surface area contributed by atoms with E-state index in [1.807, 2.05) is 95.3 Å². The zero-order chi connectivity index (χ0) is 102. The van der Waals surface area contributed by atoms with Crippen LogP contribution < -0.4 is 0 Å². The Morgan fingerprint density at radius 1 is 0.455 bits per heavy atom. The number of aryl methyl sites for hydroxylation is 11. The second-order valence-corrected chi connectivity index (χ2v) is 29.3. The molecule has 9 aromatic carbocycles. The van der Waals surface area contributed by atoms with Crippen molar-refractivity contribution in [1.29, 1.82) is 0 Å². The van der Waals surface area contributed by atoms with Gasteiger partial charge in [0.2, 0.25) is 5.71 Å². The van der Waals surface area contributed by atoms with Crippen LogP contribution in [-0.2, 0) is 46.6 Å². The van der Waals surface area contributed by atoms with Gasteiger partial charge in [-0.1, -0.05) is 215 Å². The normalized spacial score (nSPS) is 18.0. The number of hydrogen-bond donors (Lipinski definition) is 0. The standard InChI is InChI=1S/C34H28NO.C33H33N2O.C23H24N.C13H12N.2Ir/c1-20-9-11-25(12-10-20)26-13-14-27(22(3)17-26)30-18-31(35-19-24(30)5)28-7-6-8-29-33-23(4)15-21(2)16-32(33)36-34(28)29;1-20-17-24(23-13-15-33(4,5)16-14-23)10-12-25(20)29-18-30(34-19-21(29)2)28-8-6-7-26-27-11-9-22(3)35-32(27)36-31(26)28;1-17-10-12-20(14-21(17)19-8-6-5-7-9-19)22-13-11-18(16-24-22)15-23(2,3)4;1-10-3-6-12(7-4-10)13-8-5-11(2)9-14-13;;/h6,8-19H,1-5H3;6-7,9-12,17-19,23H,13-16H2,1-5H3;5-11,13-14,16H,15H2,1-4H3;3-6,8-9H,1-2H3;;/q4*-1;;/i2D3,3D3,5D3;1D3,2D3,3D3,23D;1D3,15D2;1D3,2D3;;. The van der Waals surface area contributed by atoms with E-state index in [1.165, 1.54) is 61.1 Å². The van der Waals surface area contributed by atoms with Crippen LogP contribution >= 0.6 is 0 Å². The summed E-state index contributed by atoms with van der Waals surface area (Å²) in [4.78, 5) is 21.7. The first kappa shape index (κ1) is 50.6. The molecule has 0 amide bonds. The quantitative estimate of drug-likeness (QED) is 0.126. The van der Waals surface area contributed by atoms with Crippen LogP contribution in [0.2, 0.25) is 0 Å². The molecule has 7 nitrogen and oxygen atoms in total. The molecule has 0 aliphatic heterocycles. The van der Waals surface area contributed by atoms with Gasteiger partial charge in [0.25, 0.3) is 0 Å². The fourth-order valence-corrected chi connectivity index (χ4v) is 13.6. The van der Waals surface area contributed by atoms with Crippen LogP contribution in [0.25, 0.3) is 134 Å². The maximum atomic E-state index is 9.24. The number of nitrogens with zero attached hydrogens (tertiary/aromatic N) is 5. The van der Waals surface area contributed by atoms with Crippen molar-refractivity contribution in [2.75, 3.05) is 0 Å². The SMILES string of the molecule is [2H]C([2H])([2H])c1c[c-]c(-c2ccc(C([2H])([2H])C(C)(C)C)cn2)cc1-c1ccccc1.[2H]C([2H])([2H])c1c[c-]c(-c2ccc(C([2H])([2H])[2H])cn2)cc1.[2H]C([2H])([2H])c1cc(C)c2c(c1)oc1c(-c3cc(-c4ccc(-c5ccc(C)cc5)cc4C([2H])([2H])[2H])c(C([2H])([2H])[2H])cn3)[c-]ccc12.[2H]C([2H])([2H])c1ccc2c(n1)oc1c(-c3cc(-c4ccc(C5([2H])CCC(C)(C)CC5)cc4C([2H])([2H])[2H])c(C([2H])([2H])[2H])cn3)[c-]ccc12.[Ir].[Ir]. The molecule has 0 unspecified atom stereocenters. The topological polar surface area (TPSA) is 90.7 Å². The number of aromatic nitrogens is 5. The van der Waals surface area contributed by atoms with E-state index in [4.69, 9.17) is 48.6 Å². The molecule has 568 valence electrons. The van der Waals surface area contributed by atoms with Gasteiger partial charge in [0.1, 0.15) is 5.58 Å². The number of fused-ring (bicyclic) bond motifs is 6. The minimum Gasteiger partial charge on any atom is -0.501 e. The van der Waals surface area contributed by atoms with Gasteiger partial charge in [0.15, 0.2) is 0 Å². The third-order valence-corrected chi connectivity index (χ3v) is 19.4. The van der Waals surface area contributed by atoms with Crippen LogP contribution in [0.4, 0.5) is 0 Å². The molecule has 7 heterocycles. The molecule has 1 saturated carbocycles. The molecule has 0 spiro atoms. The summed E-state index contributed by atoms with van der Waals surface area (Å²) in [5.74, 6) is -0.941. The third-order valence-electron chi connectivity index (χ3n) is 19.4. The molecule has 2 radical (unpaired) electrons. The molecule has 1 aliphatic carbocycles. The molecule has 9 heteroatoms. The molecule has 0 N–H and O–H groups in total. The molecular weight excluding hydrogens is 1720 g/mol. The summed E-state index contributed by atoms with van der Waals surface area (Å²) in [6.45, 7) is -7.96. The van der Waals surface area contributed by atoms with Crippen LogP contribution in [0.1, 0.15) is 180 Å². The van der Waals surface area contributed by atoms with Crippen molar-refractivity contribution >= 4 is 44.0 Å². The Bertz CT molecular complexity index is 7210. The van der Waals surface area contributed by atoms with Crippen molar-refractivity contribution in [3.8, 4) is 89.5 Å². The molecule has 16 aromatic rings. The van der Waals surface area contributed by atoms with Gasteiger partial charge in [-0.2, -0.15) is 0 Å². The van der Waals surface area contributed by atoms with Gasteiger partial charge in [-0.05, 0) is 241 Å². The van der Waals surface area contributed by atoms with Crippen molar-refractivity contribution < 1.29 is 90.2 Å². The smallest absolute Gasteiger partial charge is 0.216 e. The number of hydrogen-bond acceptors (Lipinski definition) is 7. The van der Waals surface area contributed by atoms with Gasteiger partial charge in [0, 0.05) is 123 Å². The van der Waals surface area contributed by atoms with Gasteiger partial charge in [-0.3, -0.25) is 0 Å². The Labute approximate surface area is 731 Å². The Kier molecular flexibility index (Phi) is 15.7. The zero-order valence-corrected chi connectivity index (χ0v) is 67.3. The van der Waals surface area contributed by atoms with Crippen LogP contribution in [0.5, 0.6) is 0 Å². The Morgan fingerprint density at radius 2 is 1.07 bits per heavy atom. The Balaban J connectivity index is 0.000000176. The van der Waals surface area contributed by atoms with E-state index in [9.17, 15) is 1.37 Å². The van der Waals surface area contributed by atoms with Crippen LogP contribution in [0, 0.1) is 111 Å². The monoisotopic (exact) mass is 1850 g/mol. The van der Waals surface area contributed by atoms with Crippen LogP contribution in [0.3, 0.4) is 0 Å². The minimum atomic E-state index is -2.61. The summed E-state index contributed by atoms with van der Waals surface area (Å²) in [7, 11) is 0. The summed E-state index contributed by atoms with van der Waals surface area (Å²) in [6, 6.07) is 69.8. The molecule has 1 aliphatic rings. The van der Waals surface area contributed by atoms with Crippen molar-refractivity contribution in [1.82, 2.24) is 24.9 Å². The predicted molar refractivity (Wildman–Crippen MR) is 458 cm³/mol. The van der Waals surface area contributed by atoms with Crippen molar-refractivity contribution in [2.45, 2.75) is 148 Å². The largest absolute Gasteiger partial charge is 0.501 e. The van der Waals surface area contributed by atoms with Gasteiger partial charge < -0.3 is 28.8 Å². The Hall–Kier alpha value is -10.4. The molecule has 1 fully saturated rings. The average molecular weight is 1850 g/mol. The molecule has 0 atom stereocenters. The van der Waals surface area contributed by atoms with Crippen LogP contribution in [-0.4, -0.2) is 24.9 Å². The summed E-state index contributed by atoms with van der Waals surface area (Å²) in [6.07, 6.45) is 6.68. The van der Waals surface area contributed by atoms with Crippen LogP contribution in [0.15, 0.2) is 240 Å². The number of rotatable bonds is 10. The summed E-state index contributed by atoms with van der Waals surface area (Å²) < 4.78 is 252. The van der Waals surface area contributed by atoms with E-state index >= 15 is 0 Å². The molecule has 0 saturated heterocycles. The third kappa shape index (κ3) is 18.5. The minimum absolute atomic E-state index is 0. The molecule has 0 bridgehead atoms. The molecule has 7 aromatic heterocycles. The Morgan fingerprint density at radius 3 is 1.71 bits per heavy atom. The summed E-state index contributed by atoms with van der Waals surface area (Å²) in [5, 5.41) is 2.71. The summed E-state index contributed by atoms with van der Waals surface area (Å²) >= 11 is 0. The van der Waals surface area contributed by atoms with Gasteiger partial charge in [-0.25, -0.2) is 4.98 Å². The van der Waals surface area contributed by atoms with Gasteiger partial charge in [0.05, 0.1) is 11.2 Å². The zero-order valence-electron chi connectivity index (χ0n) is 92.5. The first-order valence-electron chi connectivity index (χ1n) is 51.0. The fraction of sp³-hybridized carbons (Fsp3) is 0.233. The number of furan rings is 2. The van der Waals surface area contributed by atoms with Crippen molar-refractivity contribution in [3.63, 3.8) is 0 Å². The van der Waals surface area contributed by atoms with E-state index < -0.39 is 79.3 Å². The van der Waals surface area contributed by atoms with E-state index in [1.54, 1.807) is 109 Å². The van der Waals surface area contributed by atoms with E-state index in [0.717, 1.165) is 45.9 Å². The number of benzene rings is 9. The molecular formula is C103H97Ir2N5O2-4. The second-order valence-electron chi connectivity index (χ2n) is 29.3. The molecule has 17 rings (SSSR count). The van der Waals surface area contributed by atoms with Crippen molar-refractivity contribution in [2.24, 2.45) is 10.8 Å². The summed E-state index contributed by atoms with van der Waals surface area (Å²) in [5.41, 5.74) is 11.9. The van der Waals surface area contributed by atoms with E-state index in [0.29, 0.717) is 102 Å². The van der Waals surface area contributed by atoms with Crippen molar-refractivity contribution in [3.05, 3.63) is 328 Å². The number of pyridine rings is 5. The average Bonchev–Trinajstić information content (AvgIpc) is 1.61. The van der Waals surface area contributed by atoms with E-state index in [-0.39, 0.29) is 129 Å². The van der Waals surface area contributed by atoms with Gasteiger partial charge in [-0.15, -0.1) is 101 Å². The fourth-order valence-electron chi connectivity index (χ4n) is 13.6.